The molecule has 1 aromatic heterocycles. The van der Waals surface area contributed by atoms with Crippen LogP contribution in [0.15, 0.2) is 12.5 Å². The van der Waals surface area contributed by atoms with Gasteiger partial charge in [-0.3, -0.25) is 4.79 Å². The highest BCUT2D eigenvalue weighted by atomic mass is 19.4. The third-order valence-corrected chi connectivity index (χ3v) is 2.24. The SMILES string of the molecule is CCC(NC(=O)c1cncnc1C(F)(F)F)C(=O)O. The van der Waals surface area contributed by atoms with Crippen LogP contribution >= 0.6 is 0 Å². The Morgan fingerprint density at radius 2 is 2.11 bits per heavy atom. The minimum absolute atomic E-state index is 0.0378. The Balaban J connectivity index is 3.04. The van der Waals surface area contributed by atoms with Gasteiger partial charge in [-0.2, -0.15) is 13.2 Å². The molecule has 0 saturated carbocycles. The summed E-state index contributed by atoms with van der Waals surface area (Å²) in [5.41, 5.74) is -2.21. The average molecular weight is 277 g/mol. The smallest absolute Gasteiger partial charge is 0.434 e. The zero-order valence-electron chi connectivity index (χ0n) is 9.73. The van der Waals surface area contributed by atoms with Gasteiger partial charge in [0.15, 0.2) is 5.69 Å². The molecule has 0 aliphatic carbocycles. The van der Waals surface area contributed by atoms with Crippen LogP contribution in [0.2, 0.25) is 0 Å². The molecule has 19 heavy (non-hydrogen) atoms. The Bertz CT molecular complexity index is 490. The molecule has 9 heteroatoms. The second-order valence-corrected chi connectivity index (χ2v) is 3.56. The van der Waals surface area contributed by atoms with Crippen LogP contribution in [0, 0.1) is 0 Å². The van der Waals surface area contributed by atoms with Crippen LogP contribution in [0.1, 0.15) is 29.4 Å². The van der Waals surface area contributed by atoms with E-state index in [1.807, 2.05) is 5.32 Å². The molecule has 1 aromatic rings. The Morgan fingerprint density at radius 3 is 2.58 bits per heavy atom. The predicted molar refractivity (Wildman–Crippen MR) is 56.2 cm³/mol. The van der Waals surface area contributed by atoms with E-state index >= 15 is 0 Å². The lowest BCUT2D eigenvalue weighted by Crippen LogP contribution is -2.41. The second kappa shape index (κ2) is 5.63. The van der Waals surface area contributed by atoms with Crippen molar-refractivity contribution in [3.05, 3.63) is 23.8 Å². The predicted octanol–water partition coefficient (Wildman–Crippen LogP) is 1.09. The summed E-state index contributed by atoms with van der Waals surface area (Å²) in [6, 6.07) is -1.27. The lowest BCUT2D eigenvalue weighted by atomic mass is 10.1. The van der Waals surface area contributed by atoms with E-state index in [0.717, 1.165) is 0 Å². The van der Waals surface area contributed by atoms with Crippen molar-refractivity contribution in [2.45, 2.75) is 25.6 Å². The van der Waals surface area contributed by atoms with Crippen molar-refractivity contribution < 1.29 is 27.9 Å². The lowest BCUT2D eigenvalue weighted by molar-refractivity contribution is -0.141. The molecule has 0 spiro atoms. The van der Waals surface area contributed by atoms with Gasteiger partial charge in [0.1, 0.15) is 12.4 Å². The molecule has 1 rings (SSSR count). The monoisotopic (exact) mass is 277 g/mol. The highest BCUT2D eigenvalue weighted by Crippen LogP contribution is 2.29. The number of rotatable bonds is 4. The van der Waals surface area contributed by atoms with Crippen molar-refractivity contribution >= 4 is 11.9 Å². The van der Waals surface area contributed by atoms with Crippen molar-refractivity contribution in [2.75, 3.05) is 0 Å². The maximum Gasteiger partial charge on any atom is 0.434 e. The number of amides is 1. The first-order valence-electron chi connectivity index (χ1n) is 5.18. The number of aliphatic carboxylic acids is 1. The van der Waals surface area contributed by atoms with Gasteiger partial charge in [-0.05, 0) is 6.42 Å². The molecule has 0 radical (unpaired) electrons. The molecule has 0 aliphatic heterocycles. The number of alkyl halides is 3. The highest BCUT2D eigenvalue weighted by molar-refractivity contribution is 5.97. The fraction of sp³-hybridized carbons (Fsp3) is 0.400. The highest BCUT2D eigenvalue weighted by Gasteiger charge is 2.37. The fourth-order valence-corrected chi connectivity index (χ4v) is 1.30. The van der Waals surface area contributed by atoms with Crippen molar-refractivity contribution in [3.63, 3.8) is 0 Å². The molecule has 104 valence electrons. The van der Waals surface area contributed by atoms with Crippen molar-refractivity contribution in [2.24, 2.45) is 0 Å². The van der Waals surface area contributed by atoms with Gasteiger partial charge < -0.3 is 10.4 Å². The number of nitrogens with one attached hydrogen (secondary N) is 1. The molecule has 1 unspecified atom stereocenters. The van der Waals surface area contributed by atoms with Gasteiger partial charge in [-0.25, -0.2) is 14.8 Å². The number of aromatic nitrogens is 2. The topological polar surface area (TPSA) is 92.2 Å². The van der Waals surface area contributed by atoms with Crippen LogP contribution in [0.3, 0.4) is 0 Å². The first kappa shape index (κ1) is 14.9. The van der Waals surface area contributed by atoms with Crippen LogP contribution in [0.4, 0.5) is 13.2 Å². The van der Waals surface area contributed by atoms with Crippen molar-refractivity contribution in [1.29, 1.82) is 0 Å². The van der Waals surface area contributed by atoms with Crippen molar-refractivity contribution in [1.82, 2.24) is 15.3 Å². The molecule has 0 aromatic carbocycles. The first-order chi connectivity index (χ1) is 8.77. The largest absolute Gasteiger partial charge is 0.480 e. The van der Waals surface area contributed by atoms with Gasteiger partial charge in [0, 0.05) is 6.20 Å². The molecular formula is C10H10F3N3O3. The molecule has 1 heterocycles. The van der Waals surface area contributed by atoms with E-state index in [1.165, 1.54) is 6.92 Å². The van der Waals surface area contributed by atoms with Gasteiger partial charge in [0.05, 0.1) is 5.56 Å². The Kier molecular flexibility index (Phi) is 4.41. The first-order valence-corrected chi connectivity index (χ1v) is 5.18. The van der Waals surface area contributed by atoms with Crippen LogP contribution in [-0.4, -0.2) is 33.0 Å². The molecule has 1 atom stereocenters. The Labute approximate surface area is 105 Å². The summed E-state index contributed by atoms with van der Waals surface area (Å²) in [6.07, 6.45) is -3.43. The minimum Gasteiger partial charge on any atom is -0.480 e. The molecule has 6 nitrogen and oxygen atoms in total. The molecule has 0 fully saturated rings. The summed E-state index contributed by atoms with van der Waals surface area (Å²) < 4.78 is 37.8. The van der Waals surface area contributed by atoms with Crippen LogP contribution < -0.4 is 5.32 Å². The Morgan fingerprint density at radius 1 is 1.47 bits per heavy atom. The zero-order valence-corrected chi connectivity index (χ0v) is 9.73. The quantitative estimate of drug-likeness (QED) is 0.859. The van der Waals surface area contributed by atoms with Gasteiger partial charge in [-0.1, -0.05) is 6.92 Å². The number of carboxylic acid groups (broad SMARTS) is 1. The van der Waals surface area contributed by atoms with E-state index in [0.29, 0.717) is 12.5 Å². The summed E-state index contributed by atoms with van der Waals surface area (Å²) in [7, 11) is 0. The number of hydrogen-bond donors (Lipinski definition) is 2. The van der Waals surface area contributed by atoms with E-state index in [-0.39, 0.29) is 6.42 Å². The van der Waals surface area contributed by atoms with Gasteiger partial charge >= 0.3 is 12.1 Å². The number of halogens is 3. The van der Waals surface area contributed by atoms with E-state index in [1.54, 1.807) is 0 Å². The molecule has 2 N–H and O–H groups in total. The number of carbonyl (C=O) groups is 2. The molecular weight excluding hydrogens is 267 g/mol. The van der Waals surface area contributed by atoms with Crippen LogP contribution in [0.25, 0.3) is 0 Å². The average Bonchev–Trinajstić information content (AvgIpc) is 2.34. The van der Waals surface area contributed by atoms with E-state index in [2.05, 4.69) is 9.97 Å². The third-order valence-electron chi connectivity index (χ3n) is 2.24. The van der Waals surface area contributed by atoms with E-state index in [9.17, 15) is 22.8 Å². The molecule has 0 bridgehead atoms. The summed E-state index contributed by atoms with van der Waals surface area (Å²) in [5.74, 6) is -2.51. The normalized spacial score (nSPS) is 12.8. The van der Waals surface area contributed by atoms with Crippen molar-refractivity contribution in [3.8, 4) is 0 Å². The standard InChI is InChI=1S/C10H10F3N3O3/c1-2-6(9(18)19)16-8(17)5-3-14-4-15-7(5)10(11,12)13/h3-4,6H,2H2,1H3,(H,16,17)(H,18,19). The second-order valence-electron chi connectivity index (χ2n) is 3.56. The number of hydrogen-bond acceptors (Lipinski definition) is 4. The summed E-state index contributed by atoms with van der Waals surface area (Å²) in [6.45, 7) is 1.48. The fourth-order valence-electron chi connectivity index (χ4n) is 1.30. The van der Waals surface area contributed by atoms with E-state index < -0.39 is 35.4 Å². The van der Waals surface area contributed by atoms with E-state index in [4.69, 9.17) is 5.11 Å². The van der Waals surface area contributed by atoms with Crippen LogP contribution in [0.5, 0.6) is 0 Å². The number of carboxylic acids is 1. The summed E-state index contributed by atoms with van der Waals surface area (Å²) >= 11 is 0. The molecule has 0 saturated heterocycles. The van der Waals surface area contributed by atoms with Gasteiger partial charge in [0.25, 0.3) is 5.91 Å². The summed E-state index contributed by atoms with van der Waals surface area (Å²) in [5, 5.41) is 10.7. The minimum atomic E-state index is -4.82. The summed E-state index contributed by atoms with van der Waals surface area (Å²) in [4.78, 5) is 28.7. The number of nitrogens with zero attached hydrogens (tertiary/aromatic N) is 2. The third kappa shape index (κ3) is 3.63. The maximum absolute atomic E-state index is 12.6. The molecule has 0 aliphatic rings. The van der Waals surface area contributed by atoms with Gasteiger partial charge in [0.2, 0.25) is 0 Å². The Hall–Kier alpha value is -2.19. The lowest BCUT2D eigenvalue weighted by Gasteiger charge is -2.14. The van der Waals surface area contributed by atoms with Crippen LogP contribution in [-0.2, 0) is 11.0 Å². The molecule has 1 amide bonds. The zero-order chi connectivity index (χ0) is 14.6. The van der Waals surface area contributed by atoms with Gasteiger partial charge in [-0.15, -0.1) is 0 Å². The number of carbonyl (C=O) groups excluding carboxylic acids is 1. The maximum atomic E-state index is 12.6.